The van der Waals surface area contributed by atoms with Gasteiger partial charge in [-0.3, -0.25) is 28.8 Å². The number of anilines is 3. The van der Waals surface area contributed by atoms with Crippen molar-refractivity contribution in [1.29, 1.82) is 0 Å². The summed E-state index contributed by atoms with van der Waals surface area (Å²) in [6.07, 6.45) is 0.916. The SMILES string of the molecule is Cc1[nH]c2ccccc2c1CC(=O)N[C@@H](CCN)C(=O)Nc1ccc(C(c2ccc(NC(=O)[C@H](CCN)NC(=O)Cc3c(C)[nH]c4ccccc34)cc2)c2ccc(NC(=O)[C@@H](CCN)NC(=O)Cc3c(C)[nH]c4ccccc34)cc2)cc1. The number of carbonyl (C=O) groups excluding carboxylic acids is 6. The van der Waals surface area contributed by atoms with Crippen LogP contribution in [0.15, 0.2) is 146 Å². The normalized spacial score (nSPS) is 12.5. The van der Waals surface area contributed by atoms with E-state index in [0.717, 1.165) is 83.2 Å². The first-order chi connectivity index (χ1) is 39.7. The summed E-state index contributed by atoms with van der Waals surface area (Å²) in [5.74, 6) is -2.55. The van der Waals surface area contributed by atoms with Crippen molar-refractivity contribution in [1.82, 2.24) is 30.9 Å². The fourth-order valence-electron chi connectivity index (χ4n) is 10.8. The number of benzene rings is 6. The summed E-state index contributed by atoms with van der Waals surface area (Å²) >= 11 is 0. The van der Waals surface area contributed by atoms with Gasteiger partial charge in [0.15, 0.2) is 0 Å². The van der Waals surface area contributed by atoms with Gasteiger partial charge in [0.25, 0.3) is 0 Å². The highest BCUT2D eigenvalue weighted by atomic mass is 16.2. The zero-order valence-electron chi connectivity index (χ0n) is 46.2. The molecule has 15 N–H and O–H groups in total. The number of H-pyrrole nitrogens is 3. The minimum Gasteiger partial charge on any atom is -0.358 e. The second kappa shape index (κ2) is 26.3. The van der Waals surface area contributed by atoms with Crippen LogP contribution in [0.4, 0.5) is 17.1 Å². The molecule has 422 valence electrons. The average Bonchev–Trinajstić information content (AvgIpc) is 4.20. The lowest BCUT2D eigenvalue weighted by Gasteiger charge is -2.22. The number of amides is 6. The molecule has 9 aromatic rings. The number of aryl methyl sites for hydroxylation is 3. The highest BCUT2D eigenvalue weighted by molar-refractivity contribution is 6.01. The maximum absolute atomic E-state index is 13.8. The third-order valence-electron chi connectivity index (χ3n) is 14.9. The lowest BCUT2D eigenvalue weighted by molar-refractivity contribution is -0.126. The quantitative estimate of drug-likeness (QED) is 0.0270. The Hall–Kier alpha value is -9.36. The third-order valence-corrected chi connectivity index (χ3v) is 14.9. The molecule has 0 aliphatic rings. The highest BCUT2D eigenvalue weighted by Crippen LogP contribution is 2.35. The number of hydrogen-bond donors (Lipinski definition) is 12. The fraction of sp³-hybridized carbons (Fsp3) is 0.250. The summed E-state index contributed by atoms with van der Waals surface area (Å²) in [5.41, 5.74) is 29.9. The minimum atomic E-state index is -0.888. The number of aromatic nitrogens is 3. The van der Waals surface area contributed by atoms with E-state index in [4.69, 9.17) is 17.2 Å². The van der Waals surface area contributed by atoms with Crippen molar-refractivity contribution < 1.29 is 28.8 Å². The van der Waals surface area contributed by atoms with E-state index in [1.165, 1.54) is 0 Å². The molecule has 3 atom stereocenters. The first-order valence-corrected chi connectivity index (χ1v) is 27.6. The summed E-state index contributed by atoms with van der Waals surface area (Å²) in [4.78, 5) is 91.6. The zero-order chi connectivity index (χ0) is 57.9. The summed E-state index contributed by atoms with van der Waals surface area (Å²) in [6.45, 7) is 6.27. The Morgan fingerprint density at radius 1 is 0.378 bits per heavy atom. The summed E-state index contributed by atoms with van der Waals surface area (Å²) in [7, 11) is 0. The van der Waals surface area contributed by atoms with Gasteiger partial charge in [-0.15, -0.1) is 0 Å². The second-order valence-corrected chi connectivity index (χ2v) is 20.7. The lowest BCUT2D eigenvalue weighted by Crippen LogP contribution is -2.45. The molecule has 18 nitrogen and oxygen atoms in total. The van der Waals surface area contributed by atoms with Crippen LogP contribution in [-0.4, -0.2) is 88.2 Å². The Morgan fingerprint density at radius 2 is 0.634 bits per heavy atom. The minimum absolute atomic E-state index is 0.0841. The molecule has 9 rings (SSSR count). The van der Waals surface area contributed by atoms with Crippen LogP contribution < -0.4 is 49.1 Å². The van der Waals surface area contributed by atoms with Crippen molar-refractivity contribution >= 4 is 85.2 Å². The van der Waals surface area contributed by atoms with E-state index in [0.29, 0.717) is 17.1 Å². The van der Waals surface area contributed by atoms with Gasteiger partial charge in [0, 0.05) is 72.8 Å². The molecule has 82 heavy (non-hydrogen) atoms. The molecule has 0 radical (unpaired) electrons. The van der Waals surface area contributed by atoms with Crippen LogP contribution in [0.1, 0.15) is 75.6 Å². The number of rotatable bonds is 24. The van der Waals surface area contributed by atoms with Crippen molar-refractivity contribution in [3.63, 3.8) is 0 Å². The van der Waals surface area contributed by atoms with Crippen LogP contribution in [0.5, 0.6) is 0 Å². The molecule has 3 heterocycles. The molecule has 0 unspecified atom stereocenters. The number of fused-ring (bicyclic) bond motifs is 3. The van der Waals surface area contributed by atoms with E-state index in [2.05, 4.69) is 46.9 Å². The van der Waals surface area contributed by atoms with E-state index < -0.39 is 41.8 Å². The monoisotopic (exact) mass is 1100 g/mol. The Balaban J connectivity index is 0.911. The number of carbonyl (C=O) groups is 6. The summed E-state index contributed by atoms with van der Waals surface area (Å²) in [6, 6.07) is 42.8. The molecule has 6 aromatic carbocycles. The topological polar surface area (TPSA) is 300 Å². The molecule has 3 aromatic heterocycles. The van der Waals surface area contributed by atoms with E-state index in [1.807, 2.05) is 130 Å². The molecule has 18 heteroatoms. The molecule has 0 spiro atoms. The molecular formula is C64H70N12O6. The standard InChI is InChI=1S/C64H70N12O6/c1-37-49(46-10-4-7-13-52(46)68-37)34-58(77)74-55(28-31-65)62(80)71-43-22-16-40(17-23-43)61(41-18-24-44(25-19-41)72-63(81)56(29-32-66)75-59(78)35-50-38(2)69-53-14-8-5-11-47(50)53)42-20-26-45(27-21-42)73-64(82)57(30-33-67)76-60(79)36-51-39(3)70-54-15-9-6-12-48(51)54/h4-27,55-57,61,68-70H,28-36,65-67H2,1-3H3,(H,71,80)(H,72,81)(H,73,82)(H,74,77)(H,75,78)(H,76,79)/t55-,56-,57+/m0/s1. The van der Waals surface area contributed by atoms with Crippen molar-refractivity contribution in [3.8, 4) is 0 Å². The van der Waals surface area contributed by atoms with Gasteiger partial charge in [-0.25, -0.2) is 0 Å². The molecule has 0 aliphatic carbocycles. The van der Waals surface area contributed by atoms with Crippen molar-refractivity contribution in [2.75, 3.05) is 35.6 Å². The van der Waals surface area contributed by atoms with Crippen LogP contribution in [0.25, 0.3) is 32.7 Å². The first-order valence-electron chi connectivity index (χ1n) is 27.6. The van der Waals surface area contributed by atoms with Gasteiger partial charge < -0.3 is 64.1 Å². The van der Waals surface area contributed by atoms with Crippen LogP contribution in [0.3, 0.4) is 0 Å². The van der Waals surface area contributed by atoms with Crippen LogP contribution in [0, 0.1) is 20.8 Å². The predicted octanol–water partition coefficient (Wildman–Crippen LogP) is 7.28. The van der Waals surface area contributed by atoms with Gasteiger partial charge in [0.1, 0.15) is 18.1 Å². The van der Waals surface area contributed by atoms with E-state index in [9.17, 15) is 28.8 Å². The Morgan fingerprint density at radius 3 is 0.890 bits per heavy atom. The number of aromatic amines is 3. The van der Waals surface area contributed by atoms with Gasteiger partial charge in [-0.05, 0) is 148 Å². The molecule has 6 amide bonds. The molecular weight excluding hydrogens is 1030 g/mol. The second-order valence-electron chi connectivity index (χ2n) is 20.7. The van der Waals surface area contributed by atoms with Crippen molar-refractivity contribution in [3.05, 3.63) is 196 Å². The molecule has 0 aliphatic heterocycles. The van der Waals surface area contributed by atoms with Gasteiger partial charge in [0.2, 0.25) is 35.4 Å². The fourth-order valence-corrected chi connectivity index (χ4v) is 10.8. The summed E-state index contributed by atoms with van der Waals surface area (Å²) < 4.78 is 0. The molecule has 0 bridgehead atoms. The average molecular weight is 1100 g/mol. The molecule has 0 saturated heterocycles. The lowest BCUT2D eigenvalue weighted by atomic mass is 9.85. The van der Waals surface area contributed by atoms with Crippen molar-refractivity contribution in [2.45, 2.75) is 83.3 Å². The first kappa shape index (κ1) is 57.3. The van der Waals surface area contributed by atoms with Crippen LogP contribution in [-0.2, 0) is 48.0 Å². The number of nitrogens with one attached hydrogen (secondary N) is 9. The summed E-state index contributed by atoms with van der Waals surface area (Å²) in [5, 5.41) is 20.4. The van der Waals surface area contributed by atoms with Crippen molar-refractivity contribution in [2.24, 2.45) is 17.2 Å². The zero-order valence-corrected chi connectivity index (χ0v) is 46.2. The Kier molecular flexibility index (Phi) is 18.4. The van der Waals surface area contributed by atoms with Gasteiger partial charge in [-0.1, -0.05) is 91.0 Å². The van der Waals surface area contributed by atoms with E-state index in [-0.39, 0.29) is 75.9 Å². The maximum Gasteiger partial charge on any atom is 0.246 e. The van der Waals surface area contributed by atoms with Gasteiger partial charge in [0.05, 0.1) is 19.3 Å². The largest absolute Gasteiger partial charge is 0.358 e. The van der Waals surface area contributed by atoms with Gasteiger partial charge in [-0.2, -0.15) is 0 Å². The van der Waals surface area contributed by atoms with Crippen LogP contribution >= 0.6 is 0 Å². The Labute approximate surface area is 475 Å². The highest BCUT2D eigenvalue weighted by Gasteiger charge is 2.26. The predicted molar refractivity (Wildman–Crippen MR) is 323 cm³/mol. The van der Waals surface area contributed by atoms with Gasteiger partial charge >= 0.3 is 0 Å². The maximum atomic E-state index is 13.8. The molecule has 0 fully saturated rings. The van der Waals surface area contributed by atoms with E-state index in [1.54, 1.807) is 36.4 Å². The smallest absolute Gasteiger partial charge is 0.246 e. The number of hydrogen-bond acceptors (Lipinski definition) is 9. The van der Waals surface area contributed by atoms with E-state index >= 15 is 0 Å². The molecule has 0 saturated carbocycles. The Bertz CT molecular complexity index is 3360. The number of nitrogens with two attached hydrogens (primary N) is 3. The van der Waals surface area contributed by atoms with Crippen LogP contribution in [0.2, 0.25) is 0 Å². The third kappa shape index (κ3) is 13.6. The number of para-hydroxylation sites is 3.